The number of ether oxygens (including phenoxy) is 4. The lowest BCUT2D eigenvalue weighted by atomic mass is 10.0. The van der Waals surface area contributed by atoms with Gasteiger partial charge in [-0.3, -0.25) is 4.79 Å². The Morgan fingerprint density at radius 1 is 1.06 bits per heavy atom. The molecule has 2 saturated heterocycles. The molecule has 1 amide bonds. The molecule has 3 aromatic rings. The maximum absolute atomic E-state index is 13.2. The van der Waals surface area contributed by atoms with E-state index >= 15 is 0 Å². The summed E-state index contributed by atoms with van der Waals surface area (Å²) >= 11 is 0. The van der Waals surface area contributed by atoms with Crippen molar-refractivity contribution >= 4 is 11.6 Å². The van der Waals surface area contributed by atoms with Crippen LogP contribution >= 0.6 is 0 Å². The fourth-order valence-corrected chi connectivity index (χ4v) is 4.26. The Kier molecular flexibility index (Phi) is 4.99. The van der Waals surface area contributed by atoms with E-state index in [2.05, 4.69) is 10.1 Å². The van der Waals surface area contributed by atoms with Crippen molar-refractivity contribution in [3.63, 3.8) is 0 Å². The Morgan fingerprint density at radius 2 is 1.81 bits per heavy atom. The number of amides is 1. The predicted molar refractivity (Wildman–Crippen MR) is 111 cm³/mol. The van der Waals surface area contributed by atoms with Crippen molar-refractivity contribution in [2.75, 3.05) is 40.5 Å². The average molecular weight is 424 g/mol. The first kappa shape index (κ1) is 19.8. The molecule has 0 aliphatic carbocycles. The topological polar surface area (TPSA) is 87.4 Å². The molecule has 31 heavy (non-hydrogen) atoms. The van der Waals surface area contributed by atoms with Crippen LogP contribution < -0.4 is 9.47 Å². The number of hydrogen-bond donors (Lipinski definition) is 0. The van der Waals surface area contributed by atoms with Gasteiger partial charge in [-0.1, -0.05) is 0 Å². The number of nitrogens with zero attached hydrogens (tertiary/aromatic N) is 4. The number of carbonyl (C=O) groups is 1. The third-order valence-corrected chi connectivity index (χ3v) is 5.94. The summed E-state index contributed by atoms with van der Waals surface area (Å²) in [6, 6.07) is 7.50. The molecule has 0 saturated carbocycles. The van der Waals surface area contributed by atoms with E-state index in [0.717, 1.165) is 11.3 Å². The number of rotatable bonds is 4. The highest BCUT2D eigenvalue weighted by Crippen LogP contribution is 2.34. The molecule has 162 valence electrons. The van der Waals surface area contributed by atoms with Crippen LogP contribution in [0.2, 0.25) is 0 Å². The molecule has 0 N–H and O–H groups in total. The summed E-state index contributed by atoms with van der Waals surface area (Å²) < 4.78 is 24.0. The molecule has 0 atom stereocenters. The van der Waals surface area contributed by atoms with Gasteiger partial charge < -0.3 is 23.8 Å². The van der Waals surface area contributed by atoms with E-state index in [0.29, 0.717) is 61.9 Å². The maximum atomic E-state index is 13.2. The van der Waals surface area contributed by atoms with Gasteiger partial charge in [0.2, 0.25) is 0 Å². The molecule has 0 unspecified atom stereocenters. The van der Waals surface area contributed by atoms with Gasteiger partial charge in [0.05, 0.1) is 39.3 Å². The minimum atomic E-state index is -0.517. The Bertz CT molecular complexity index is 1110. The fraction of sp³-hybridized carbons (Fsp3) is 0.409. The second-order valence-corrected chi connectivity index (χ2v) is 7.59. The quantitative estimate of drug-likeness (QED) is 0.636. The summed E-state index contributed by atoms with van der Waals surface area (Å²) in [5, 5.41) is 4.47. The number of hydrogen-bond acceptors (Lipinski definition) is 7. The summed E-state index contributed by atoms with van der Waals surface area (Å²) in [6.45, 7) is 2.38. The molecule has 9 nitrogen and oxygen atoms in total. The first-order chi connectivity index (χ1) is 15.1. The van der Waals surface area contributed by atoms with E-state index in [-0.39, 0.29) is 5.91 Å². The zero-order chi connectivity index (χ0) is 21.4. The van der Waals surface area contributed by atoms with Crippen molar-refractivity contribution in [3.05, 3.63) is 42.2 Å². The van der Waals surface area contributed by atoms with Crippen LogP contribution in [-0.4, -0.2) is 71.7 Å². The molecule has 0 radical (unpaired) electrons. The van der Waals surface area contributed by atoms with Gasteiger partial charge in [-0.05, 0) is 24.3 Å². The second-order valence-electron chi connectivity index (χ2n) is 7.59. The predicted octanol–water partition coefficient (Wildman–Crippen LogP) is 2.39. The summed E-state index contributed by atoms with van der Waals surface area (Å²) in [5.41, 5.74) is 2.68. The highest BCUT2D eigenvalue weighted by Gasteiger charge is 2.41. The number of benzene rings is 1. The number of likely N-dealkylation sites (tertiary alicyclic amines) is 1. The molecule has 2 aliphatic heterocycles. The van der Waals surface area contributed by atoms with Crippen molar-refractivity contribution in [3.8, 4) is 22.8 Å². The Hall–Kier alpha value is -3.17. The first-order valence-electron chi connectivity index (χ1n) is 10.3. The van der Waals surface area contributed by atoms with Gasteiger partial charge in [0.15, 0.2) is 22.9 Å². The molecule has 0 bridgehead atoms. The van der Waals surface area contributed by atoms with Crippen LogP contribution in [0.3, 0.4) is 0 Å². The van der Waals surface area contributed by atoms with Gasteiger partial charge in [-0.15, -0.1) is 0 Å². The molecule has 2 fully saturated rings. The van der Waals surface area contributed by atoms with E-state index in [4.69, 9.17) is 18.9 Å². The van der Waals surface area contributed by atoms with Crippen LogP contribution in [-0.2, 0) is 9.47 Å². The van der Waals surface area contributed by atoms with Crippen molar-refractivity contribution in [2.45, 2.75) is 18.6 Å². The molecule has 2 aromatic heterocycles. The normalized spacial score (nSPS) is 17.9. The van der Waals surface area contributed by atoms with Crippen LogP contribution in [0, 0.1) is 0 Å². The Balaban J connectivity index is 1.44. The molecule has 1 aromatic carbocycles. The highest BCUT2D eigenvalue weighted by molar-refractivity contribution is 6.00. The van der Waals surface area contributed by atoms with Gasteiger partial charge in [0, 0.05) is 37.7 Å². The average Bonchev–Trinajstić information content (AvgIpc) is 3.46. The van der Waals surface area contributed by atoms with Gasteiger partial charge in [-0.25, -0.2) is 9.50 Å². The van der Waals surface area contributed by atoms with Gasteiger partial charge in [0.25, 0.3) is 5.91 Å². The van der Waals surface area contributed by atoms with Crippen LogP contribution in [0.5, 0.6) is 11.5 Å². The molecule has 1 spiro atoms. The van der Waals surface area contributed by atoms with Crippen molar-refractivity contribution in [1.29, 1.82) is 0 Å². The Morgan fingerprint density at radius 3 is 2.52 bits per heavy atom. The van der Waals surface area contributed by atoms with E-state index in [1.54, 1.807) is 31.1 Å². The lowest BCUT2D eigenvalue weighted by Crippen LogP contribution is -2.47. The molecule has 5 rings (SSSR count). The largest absolute Gasteiger partial charge is 0.493 e. The van der Waals surface area contributed by atoms with Crippen LogP contribution in [0.15, 0.2) is 36.7 Å². The smallest absolute Gasteiger partial charge is 0.259 e. The van der Waals surface area contributed by atoms with Gasteiger partial charge in [0.1, 0.15) is 5.56 Å². The van der Waals surface area contributed by atoms with E-state index in [9.17, 15) is 4.79 Å². The minimum absolute atomic E-state index is 0.0835. The maximum Gasteiger partial charge on any atom is 0.259 e. The molecule has 4 heterocycles. The number of methoxy groups -OCH3 is 2. The van der Waals surface area contributed by atoms with Crippen molar-refractivity contribution in [2.24, 2.45) is 0 Å². The van der Waals surface area contributed by atoms with Crippen molar-refractivity contribution in [1.82, 2.24) is 19.5 Å². The first-order valence-corrected chi connectivity index (χ1v) is 10.3. The molecule has 2 aliphatic rings. The molecular weight excluding hydrogens is 400 g/mol. The number of piperidine rings is 1. The SMILES string of the molecule is COc1ccc(-c2ccnc3c(C(=O)N4CCC5(CC4)OCCO5)cnn23)cc1OC. The van der Waals surface area contributed by atoms with E-state index in [1.807, 2.05) is 29.2 Å². The summed E-state index contributed by atoms with van der Waals surface area (Å²) in [4.78, 5) is 19.5. The highest BCUT2D eigenvalue weighted by atomic mass is 16.7. The number of carbonyl (C=O) groups excluding carboxylic acids is 1. The molecule has 9 heteroatoms. The zero-order valence-corrected chi connectivity index (χ0v) is 17.5. The van der Waals surface area contributed by atoms with Crippen molar-refractivity contribution < 1.29 is 23.7 Å². The summed E-state index contributed by atoms with van der Waals surface area (Å²) in [5.74, 6) is 0.661. The third kappa shape index (κ3) is 3.39. The van der Waals surface area contributed by atoms with Gasteiger partial charge >= 0.3 is 0 Å². The molecular formula is C22H24N4O5. The Labute approximate surface area is 179 Å². The van der Waals surface area contributed by atoms with Crippen LogP contribution in [0.1, 0.15) is 23.2 Å². The summed E-state index contributed by atoms with van der Waals surface area (Å²) in [7, 11) is 3.19. The lowest BCUT2D eigenvalue weighted by molar-refractivity contribution is -0.181. The minimum Gasteiger partial charge on any atom is -0.493 e. The fourth-order valence-electron chi connectivity index (χ4n) is 4.26. The third-order valence-electron chi connectivity index (χ3n) is 5.94. The monoisotopic (exact) mass is 424 g/mol. The standard InChI is InChI=1S/C22H24N4O5/c1-28-18-4-3-15(13-19(18)29-2)17-5-8-23-20-16(14-24-26(17)20)21(27)25-9-6-22(7-10-25)30-11-12-31-22/h3-5,8,13-14H,6-7,9-12H2,1-2H3. The van der Waals surface area contributed by atoms with Crippen LogP contribution in [0.25, 0.3) is 16.9 Å². The van der Waals surface area contributed by atoms with E-state index in [1.165, 1.54) is 0 Å². The van der Waals surface area contributed by atoms with Gasteiger partial charge in [-0.2, -0.15) is 5.10 Å². The summed E-state index contributed by atoms with van der Waals surface area (Å²) in [6.07, 6.45) is 4.61. The number of aromatic nitrogens is 3. The number of fused-ring (bicyclic) bond motifs is 1. The lowest BCUT2D eigenvalue weighted by Gasteiger charge is -2.37. The van der Waals surface area contributed by atoms with E-state index < -0.39 is 5.79 Å². The van der Waals surface area contributed by atoms with Crippen LogP contribution in [0.4, 0.5) is 0 Å². The zero-order valence-electron chi connectivity index (χ0n) is 17.5. The second kappa shape index (κ2) is 7.82.